The number of rotatable bonds is 8. The highest BCUT2D eigenvalue weighted by molar-refractivity contribution is 7.15. The van der Waals surface area contributed by atoms with Gasteiger partial charge in [0.2, 0.25) is 0 Å². The van der Waals surface area contributed by atoms with Gasteiger partial charge >= 0.3 is 0 Å². The van der Waals surface area contributed by atoms with Crippen LogP contribution in [0.25, 0.3) is 10.4 Å². The van der Waals surface area contributed by atoms with Gasteiger partial charge in [-0.25, -0.2) is 4.98 Å². The number of benzene rings is 2. The van der Waals surface area contributed by atoms with E-state index in [0.717, 1.165) is 32.5 Å². The molecule has 0 fully saturated rings. The van der Waals surface area contributed by atoms with Crippen molar-refractivity contribution < 1.29 is 13.9 Å². The Bertz CT molecular complexity index is 1140. The van der Waals surface area contributed by atoms with Crippen LogP contribution in [0.4, 0.5) is 0 Å². The van der Waals surface area contributed by atoms with Gasteiger partial charge in [-0.3, -0.25) is 4.79 Å². The minimum atomic E-state index is -0.133. The Morgan fingerprint density at radius 2 is 1.81 bits per heavy atom. The van der Waals surface area contributed by atoms with Crippen LogP contribution in [0.1, 0.15) is 33.7 Å². The highest BCUT2D eigenvalue weighted by Gasteiger charge is 2.25. The van der Waals surface area contributed by atoms with Crippen LogP contribution in [0.15, 0.2) is 77.4 Å². The normalized spacial score (nSPS) is 10.8. The average Bonchev–Trinajstić information content (AvgIpc) is 3.44. The SMILES string of the molecule is CCOc1ccccc1CN(Cc1ccco1)C(=O)c1nc(C)sc1-c1ccccc1. The summed E-state index contributed by atoms with van der Waals surface area (Å²) in [6.45, 7) is 5.17. The molecular weight excluding hydrogens is 408 g/mol. The molecule has 0 unspecified atom stereocenters. The second-order valence-corrected chi connectivity index (χ2v) is 8.26. The molecule has 2 heterocycles. The first-order valence-electron chi connectivity index (χ1n) is 10.2. The van der Waals surface area contributed by atoms with Crippen molar-refractivity contribution in [3.8, 4) is 16.2 Å². The Hall–Kier alpha value is -3.38. The number of furan rings is 1. The van der Waals surface area contributed by atoms with E-state index in [9.17, 15) is 4.79 Å². The van der Waals surface area contributed by atoms with E-state index >= 15 is 0 Å². The molecule has 0 aliphatic heterocycles. The fraction of sp³-hybridized carbons (Fsp3) is 0.200. The van der Waals surface area contributed by atoms with Crippen LogP contribution < -0.4 is 4.74 Å². The van der Waals surface area contributed by atoms with Crippen LogP contribution in [0.5, 0.6) is 5.75 Å². The van der Waals surface area contributed by atoms with Gasteiger partial charge in [0, 0.05) is 5.56 Å². The number of hydrogen-bond acceptors (Lipinski definition) is 5. The van der Waals surface area contributed by atoms with Gasteiger partial charge in [-0.2, -0.15) is 0 Å². The van der Waals surface area contributed by atoms with Crippen LogP contribution in [0, 0.1) is 6.92 Å². The Kier molecular flexibility index (Phi) is 6.48. The topological polar surface area (TPSA) is 55.6 Å². The maximum atomic E-state index is 13.7. The number of carbonyl (C=O) groups excluding carboxylic acids is 1. The number of para-hydroxylation sites is 1. The van der Waals surface area contributed by atoms with Gasteiger partial charge in [0.15, 0.2) is 0 Å². The lowest BCUT2D eigenvalue weighted by molar-refractivity contribution is 0.0711. The van der Waals surface area contributed by atoms with Gasteiger partial charge < -0.3 is 14.1 Å². The molecule has 0 radical (unpaired) electrons. The van der Waals surface area contributed by atoms with Crippen molar-refractivity contribution in [1.29, 1.82) is 0 Å². The molecule has 4 aromatic rings. The molecule has 0 spiro atoms. The lowest BCUT2D eigenvalue weighted by Crippen LogP contribution is -2.31. The number of carbonyl (C=O) groups is 1. The van der Waals surface area contributed by atoms with Gasteiger partial charge in [0.25, 0.3) is 5.91 Å². The van der Waals surface area contributed by atoms with Crippen molar-refractivity contribution in [2.45, 2.75) is 26.9 Å². The van der Waals surface area contributed by atoms with Crippen LogP contribution >= 0.6 is 11.3 Å². The average molecular weight is 433 g/mol. The number of aryl methyl sites for hydroxylation is 1. The zero-order valence-corrected chi connectivity index (χ0v) is 18.4. The maximum Gasteiger partial charge on any atom is 0.274 e. The molecule has 0 N–H and O–H groups in total. The minimum Gasteiger partial charge on any atom is -0.494 e. The number of nitrogens with zero attached hydrogens (tertiary/aromatic N) is 2. The lowest BCUT2D eigenvalue weighted by atomic mass is 10.1. The Balaban J connectivity index is 1.70. The molecule has 6 heteroatoms. The zero-order valence-electron chi connectivity index (χ0n) is 17.6. The van der Waals surface area contributed by atoms with Crippen LogP contribution in [0.2, 0.25) is 0 Å². The van der Waals surface area contributed by atoms with E-state index in [1.54, 1.807) is 11.2 Å². The summed E-state index contributed by atoms with van der Waals surface area (Å²) < 4.78 is 11.3. The van der Waals surface area contributed by atoms with Gasteiger partial charge in [0.1, 0.15) is 17.2 Å². The predicted molar refractivity (Wildman–Crippen MR) is 122 cm³/mol. The van der Waals surface area contributed by atoms with Crippen molar-refractivity contribution in [3.05, 3.63) is 95.0 Å². The predicted octanol–water partition coefficient (Wildman–Crippen LogP) is 5.95. The van der Waals surface area contributed by atoms with Crippen molar-refractivity contribution in [2.75, 3.05) is 6.61 Å². The van der Waals surface area contributed by atoms with E-state index in [1.807, 2.05) is 80.6 Å². The molecule has 0 atom stereocenters. The summed E-state index contributed by atoms with van der Waals surface area (Å²) in [5.41, 5.74) is 2.40. The van der Waals surface area contributed by atoms with Crippen LogP contribution in [-0.2, 0) is 13.1 Å². The first-order valence-corrected chi connectivity index (χ1v) is 11.0. The van der Waals surface area contributed by atoms with E-state index < -0.39 is 0 Å². The molecule has 0 aliphatic rings. The van der Waals surface area contributed by atoms with E-state index in [-0.39, 0.29) is 5.91 Å². The molecule has 0 saturated carbocycles. The molecule has 0 bridgehead atoms. The van der Waals surface area contributed by atoms with Crippen molar-refractivity contribution >= 4 is 17.2 Å². The Morgan fingerprint density at radius 3 is 2.55 bits per heavy atom. The van der Waals surface area contributed by atoms with Crippen molar-refractivity contribution in [2.24, 2.45) is 0 Å². The summed E-state index contributed by atoms with van der Waals surface area (Å²) in [6.07, 6.45) is 1.62. The third-order valence-corrected chi connectivity index (χ3v) is 5.84. The first-order chi connectivity index (χ1) is 15.2. The molecule has 2 aromatic carbocycles. The molecule has 31 heavy (non-hydrogen) atoms. The largest absolute Gasteiger partial charge is 0.494 e. The monoisotopic (exact) mass is 432 g/mol. The first kappa shape index (κ1) is 20.9. The highest BCUT2D eigenvalue weighted by Crippen LogP contribution is 2.32. The molecule has 158 valence electrons. The fourth-order valence-electron chi connectivity index (χ4n) is 3.43. The smallest absolute Gasteiger partial charge is 0.274 e. The summed E-state index contributed by atoms with van der Waals surface area (Å²) in [7, 11) is 0. The summed E-state index contributed by atoms with van der Waals surface area (Å²) in [6, 6.07) is 21.4. The fourth-order valence-corrected chi connectivity index (χ4v) is 4.35. The zero-order chi connectivity index (χ0) is 21.6. The quantitative estimate of drug-likeness (QED) is 0.345. The molecule has 4 rings (SSSR count). The van der Waals surface area contributed by atoms with Gasteiger partial charge in [-0.15, -0.1) is 11.3 Å². The van der Waals surface area contributed by atoms with Crippen LogP contribution in [-0.4, -0.2) is 22.4 Å². The molecule has 2 aromatic heterocycles. The number of ether oxygens (including phenoxy) is 1. The van der Waals surface area contributed by atoms with Gasteiger partial charge in [0.05, 0.1) is 35.8 Å². The van der Waals surface area contributed by atoms with E-state index in [2.05, 4.69) is 4.98 Å². The number of thiazole rings is 1. The summed E-state index contributed by atoms with van der Waals surface area (Å²) in [4.78, 5) is 21.0. The summed E-state index contributed by atoms with van der Waals surface area (Å²) >= 11 is 1.53. The minimum absolute atomic E-state index is 0.133. The standard InChI is InChI=1S/C25H24N2O3S/c1-3-29-22-14-8-7-12-20(22)16-27(17-21-13-9-15-30-21)25(28)23-24(31-18(2)26-23)19-10-5-4-6-11-19/h4-15H,3,16-17H2,1-2H3. The second-order valence-electron chi connectivity index (χ2n) is 7.06. The third-order valence-electron chi connectivity index (χ3n) is 4.82. The summed E-state index contributed by atoms with van der Waals surface area (Å²) in [5, 5.41) is 0.856. The Labute approximate surface area is 185 Å². The van der Waals surface area contributed by atoms with E-state index in [1.165, 1.54) is 11.3 Å². The Morgan fingerprint density at radius 1 is 1.03 bits per heavy atom. The lowest BCUT2D eigenvalue weighted by Gasteiger charge is -2.23. The molecule has 5 nitrogen and oxygen atoms in total. The molecule has 0 aliphatic carbocycles. The third kappa shape index (κ3) is 4.86. The van der Waals surface area contributed by atoms with E-state index in [4.69, 9.17) is 9.15 Å². The van der Waals surface area contributed by atoms with Gasteiger partial charge in [-0.1, -0.05) is 48.5 Å². The van der Waals surface area contributed by atoms with Crippen LogP contribution in [0.3, 0.4) is 0 Å². The van der Waals surface area contributed by atoms with E-state index in [0.29, 0.717) is 25.4 Å². The number of aromatic nitrogens is 1. The summed E-state index contributed by atoms with van der Waals surface area (Å²) in [5.74, 6) is 1.36. The second kappa shape index (κ2) is 9.62. The van der Waals surface area contributed by atoms with Crippen molar-refractivity contribution in [3.63, 3.8) is 0 Å². The molecule has 1 amide bonds. The molecular formula is C25H24N2O3S. The maximum absolute atomic E-state index is 13.7. The molecule has 0 saturated heterocycles. The number of hydrogen-bond donors (Lipinski definition) is 0. The number of amides is 1. The van der Waals surface area contributed by atoms with Gasteiger partial charge in [-0.05, 0) is 37.6 Å². The van der Waals surface area contributed by atoms with Crippen molar-refractivity contribution in [1.82, 2.24) is 9.88 Å². The highest BCUT2D eigenvalue weighted by atomic mass is 32.1.